The van der Waals surface area contributed by atoms with Crippen molar-refractivity contribution in [3.8, 4) is 0 Å². The van der Waals surface area contributed by atoms with E-state index >= 15 is 0 Å². The molecule has 1 unspecified atom stereocenters. The minimum Gasteiger partial charge on any atom is -0.397 e. The first-order valence-electron chi connectivity index (χ1n) is 10.2. The molecule has 0 spiro atoms. The lowest BCUT2D eigenvalue weighted by atomic mass is 10.1. The van der Waals surface area contributed by atoms with Gasteiger partial charge in [-0.2, -0.15) is 8.78 Å². The van der Waals surface area contributed by atoms with Crippen LogP contribution >= 0.6 is 11.8 Å². The van der Waals surface area contributed by atoms with Crippen LogP contribution in [0.15, 0.2) is 51.6 Å². The van der Waals surface area contributed by atoms with E-state index in [0.29, 0.717) is 0 Å². The van der Waals surface area contributed by atoms with Crippen LogP contribution < -0.4 is 11.1 Å². The molecule has 31 heavy (non-hydrogen) atoms. The molecule has 1 aliphatic rings. The van der Waals surface area contributed by atoms with Gasteiger partial charge in [0.15, 0.2) is 0 Å². The van der Waals surface area contributed by atoms with Crippen molar-refractivity contribution >= 4 is 28.3 Å². The highest BCUT2D eigenvalue weighted by Crippen LogP contribution is 2.41. The summed E-state index contributed by atoms with van der Waals surface area (Å²) >= 11 is 1.61. The van der Waals surface area contributed by atoms with Gasteiger partial charge < -0.3 is 11.1 Å². The molecule has 2 heterocycles. The topological polar surface area (TPSA) is 80.4 Å². The molecule has 8 heteroatoms. The molecule has 170 valence electrons. The fraction of sp³-hybridized carbons (Fsp3) is 0.435. The minimum absolute atomic E-state index is 0. The molecule has 1 aliphatic heterocycles. The number of nitrogens with zero attached hydrogens (tertiary/aromatic N) is 2. The van der Waals surface area contributed by atoms with Crippen LogP contribution in [-0.4, -0.2) is 35.6 Å². The van der Waals surface area contributed by atoms with E-state index in [0.717, 1.165) is 40.0 Å². The van der Waals surface area contributed by atoms with Crippen LogP contribution in [0.2, 0.25) is 0 Å². The molecule has 1 atom stereocenters. The molecule has 0 saturated carbocycles. The van der Waals surface area contributed by atoms with Crippen LogP contribution in [0.3, 0.4) is 0 Å². The summed E-state index contributed by atoms with van der Waals surface area (Å²) in [7, 11) is 1.38. The Morgan fingerprint density at radius 3 is 2.81 bits per heavy atom. The lowest BCUT2D eigenvalue weighted by Crippen LogP contribution is -2.38. The van der Waals surface area contributed by atoms with Crippen LogP contribution in [-0.2, 0) is 4.79 Å². The van der Waals surface area contributed by atoms with Gasteiger partial charge in [-0.05, 0) is 57.4 Å². The number of rotatable bonds is 7. The van der Waals surface area contributed by atoms with Crippen molar-refractivity contribution in [2.24, 2.45) is 10.7 Å². The Labute approximate surface area is 188 Å². The van der Waals surface area contributed by atoms with Gasteiger partial charge in [-0.1, -0.05) is 30.3 Å². The van der Waals surface area contributed by atoms with Crippen molar-refractivity contribution in [2.45, 2.75) is 58.9 Å². The van der Waals surface area contributed by atoms with Gasteiger partial charge in [-0.25, -0.2) is 0 Å². The van der Waals surface area contributed by atoms with Gasteiger partial charge in [0, 0.05) is 36.6 Å². The number of aryl methyl sites for hydroxylation is 1. The van der Waals surface area contributed by atoms with Crippen molar-refractivity contribution in [1.82, 2.24) is 10.3 Å². The van der Waals surface area contributed by atoms with E-state index in [1.165, 1.54) is 19.5 Å². The predicted molar refractivity (Wildman–Crippen MR) is 127 cm³/mol. The number of carbonyl (C=O) groups is 1. The highest BCUT2D eigenvalue weighted by molar-refractivity contribution is 8.11. The van der Waals surface area contributed by atoms with E-state index in [1.807, 2.05) is 26.0 Å². The second-order valence-corrected chi connectivity index (χ2v) is 8.59. The number of pyridine rings is 1. The number of nitrogens with two attached hydrogens (primary N) is 1. The quantitative estimate of drug-likeness (QED) is 0.557. The maximum atomic E-state index is 13.8. The zero-order valence-corrected chi connectivity index (χ0v) is 19.4. The maximum absolute atomic E-state index is 13.8. The summed E-state index contributed by atoms with van der Waals surface area (Å²) in [5.41, 5.74) is 8.00. The molecule has 2 rings (SSSR count). The molecule has 3 N–H and O–H groups in total. The number of aromatic nitrogens is 1. The fourth-order valence-electron chi connectivity index (χ4n) is 3.08. The lowest BCUT2D eigenvalue weighted by molar-refractivity contribution is -0.115. The summed E-state index contributed by atoms with van der Waals surface area (Å²) in [5, 5.41) is 2.86. The van der Waals surface area contributed by atoms with Gasteiger partial charge in [0.05, 0.1) is 11.7 Å². The van der Waals surface area contributed by atoms with E-state index < -0.39 is 23.9 Å². The second-order valence-electron chi connectivity index (χ2n) is 7.50. The summed E-state index contributed by atoms with van der Waals surface area (Å²) < 4.78 is 27.5. The number of alkyl halides is 2. The summed E-state index contributed by atoms with van der Waals surface area (Å²) in [6.45, 7) is 7.27. The molecule has 1 amide bonds. The van der Waals surface area contributed by atoms with E-state index in [-0.39, 0.29) is 13.2 Å². The van der Waals surface area contributed by atoms with Crippen molar-refractivity contribution in [3.63, 3.8) is 0 Å². The van der Waals surface area contributed by atoms with Crippen LogP contribution in [0.5, 0.6) is 0 Å². The van der Waals surface area contributed by atoms with Gasteiger partial charge in [-0.3, -0.25) is 14.8 Å². The average Bonchev–Trinajstić information content (AvgIpc) is 2.93. The van der Waals surface area contributed by atoms with Crippen LogP contribution in [0, 0.1) is 6.92 Å². The van der Waals surface area contributed by atoms with E-state index in [1.54, 1.807) is 18.0 Å². The predicted octanol–water partition coefficient (Wildman–Crippen LogP) is 5.24. The number of carbonyl (C=O) groups excluding carboxylic acids is 1. The number of allylic oxidation sites excluding steroid dienone is 3. The van der Waals surface area contributed by atoms with Crippen molar-refractivity contribution < 1.29 is 15.0 Å². The lowest BCUT2D eigenvalue weighted by Gasteiger charge is -2.19. The largest absolute Gasteiger partial charge is 0.397 e. The Morgan fingerprint density at radius 1 is 1.48 bits per heavy atom. The molecule has 0 bridgehead atoms. The Kier molecular flexibility index (Phi) is 8.56. The Balaban J connectivity index is 0.00000512. The Morgan fingerprint density at radius 2 is 2.19 bits per heavy atom. The Hall–Kier alpha value is -2.48. The summed E-state index contributed by atoms with van der Waals surface area (Å²) in [4.78, 5) is 22.9. The first kappa shape index (κ1) is 24.8. The molecule has 1 aromatic rings. The summed E-state index contributed by atoms with van der Waals surface area (Å²) in [5.74, 6) is -3.72. The van der Waals surface area contributed by atoms with E-state index in [4.69, 9.17) is 5.73 Å². The van der Waals surface area contributed by atoms with Crippen molar-refractivity contribution in [1.29, 1.82) is 0 Å². The number of hydrogen-bond donors (Lipinski definition) is 2. The first-order chi connectivity index (χ1) is 14.6. The highest BCUT2D eigenvalue weighted by atomic mass is 32.2. The maximum Gasteiger partial charge on any atom is 0.286 e. The third-order valence-corrected chi connectivity index (χ3v) is 6.58. The zero-order valence-electron chi connectivity index (χ0n) is 18.6. The monoisotopic (exact) mass is 450 g/mol. The number of amides is 1. The van der Waals surface area contributed by atoms with Gasteiger partial charge in [-0.15, -0.1) is 0 Å². The third-order valence-electron chi connectivity index (χ3n) is 5.04. The van der Waals surface area contributed by atoms with E-state index in [9.17, 15) is 13.6 Å². The molecule has 0 fully saturated rings. The van der Waals surface area contributed by atoms with Gasteiger partial charge in [0.1, 0.15) is 5.71 Å². The van der Waals surface area contributed by atoms with Crippen LogP contribution in [0.25, 0.3) is 4.91 Å². The van der Waals surface area contributed by atoms with Gasteiger partial charge >= 0.3 is 0 Å². The Bertz CT molecular complexity index is 957. The molecule has 0 aromatic carbocycles. The van der Waals surface area contributed by atoms with Gasteiger partial charge in [0.25, 0.3) is 11.8 Å². The normalized spacial score (nSPS) is 17.2. The zero-order chi connectivity index (χ0) is 23.2. The average molecular weight is 451 g/mol. The summed E-state index contributed by atoms with van der Waals surface area (Å²) in [6.07, 6.45) is 6.18. The van der Waals surface area contributed by atoms with Crippen LogP contribution in [0.4, 0.5) is 8.78 Å². The molecule has 0 radical (unpaired) electrons. The minimum atomic E-state index is -3.18. The smallest absolute Gasteiger partial charge is 0.286 e. The number of thioether (sulfide) groups is 1. The molecular formula is C23H32F2N4OS. The standard InChI is InChI=1S/C23H30F2N4OS.H2/c1-6-23(24,25)20(26)13-18(27-5)22(30)29-16(4)19-9-7-8-14(2)21(31-19)17-10-11-28-15(3)12-17;/h9-13,16H,6-8,26H2,1-5H3,(H,29,30);1H/b20-13-,27-18?;. The highest BCUT2D eigenvalue weighted by Gasteiger charge is 2.31. The van der Waals surface area contributed by atoms with Gasteiger partial charge in [0.2, 0.25) is 0 Å². The first-order valence-corrected chi connectivity index (χ1v) is 11.0. The van der Waals surface area contributed by atoms with Crippen molar-refractivity contribution in [2.75, 3.05) is 7.05 Å². The molecule has 0 saturated heterocycles. The number of aliphatic imine (C=N–C) groups is 1. The van der Waals surface area contributed by atoms with E-state index in [2.05, 4.69) is 28.3 Å². The number of nitrogens with one attached hydrogen (secondary N) is 1. The molecular weight excluding hydrogens is 418 g/mol. The fourth-order valence-corrected chi connectivity index (χ4v) is 4.27. The second kappa shape index (κ2) is 10.7. The third kappa shape index (κ3) is 6.50. The van der Waals surface area contributed by atoms with Crippen LogP contribution in [0.1, 0.15) is 52.7 Å². The number of hydrogen-bond acceptors (Lipinski definition) is 5. The summed E-state index contributed by atoms with van der Waals surface area (Å²) in [6, 6.07) is 3.70. The molecule has 1 aromatic heterocycles. The number of halogens is 2. The van der Waals surface area contributed by atoms with Crippen molar-refractivity contribution in [3.05, 3.63) is 57.9 Å². The SMILES string of the molecule is CCC(F)(F)/C(N)=C/C(=NC)C(=O)NC(C)C1=CCCC(C)=C(c2ccnc(C)c2)S1.[HH]. The molecule has 0 aliphatic carbocycles. The molecule has 5 nitrogen and oxygen atoms in total.